The Labute approximate surface area is 147 Å². The molecule has 134 valence electrons. The van der Waals surface area contributed by atoms with Gasteiger partial charge in [0.2, 0.25) is 11.8 Å². The molecule has 0 aromatic heterocycles. The van der Waals surface area contributed by atoms with Gasteiger partial charge in [-0.25, -0.2) is 0 Å². The van der Waals surface area contributed by atoms with E-state index in [4.69, 9.17) is 5.11 Å². The molecule has 25 heavy (non-hydrogen) atoms. The molecule has 2 heterocycles. The third-order valence-electron chi connectivity index (χ3n) is 5.21. The topological polar surface area (TPSA) is 77.9 Å². The zero-order valence-corrected chi connectivity index (χ0v) is 14.5. The molecule has 2 aliphatic rings. The van der Waals surface area contributed by atoms with Crippen molar-refractivity contribution in [3.05, 3.63) is 29.8 Å². The fraction of sp³-hybridized carbons (Fsp3) is 0.526. The minimum Gasteiger partial charge on any atom is -0.481 e. The van der Waals surface area contributed by atoms with E-state index in [1.54, 1.807) is 9.80 Å². The van der Waals surface area contributed by atoms with Gasteiger partial charge in [-0.2, -0.15) is 0 Å². The standard InChI is InChI=1S/C19H24N2O4/c1-13-2-4-16(5-3-13)21-12-15(11-17(21)22)19(25)20-8-6-14(7-9-20)10-18(23)24/h2-5,14-15H,6-12H2,1H3,(H,23,24). The van der Waals surface area contributed by atoms with Gasteiger partial charge in [0, 0.05) is 38.2 Å². The number of carbonyl (C=O) groups is 3. The predicted octanol–water partition coefficient (Wildman–Crippen LogP) is 2.06. The van der Waals surface area contributed by atoms with Gasteiger partial charge >= 0.3 is 5.97 Å². The molecule has 6 heteroatoms. The highest BCUT2D eigenvalue weighted by atomic mass is 16.4. The molecule has 1 aromatic rings. The second kappa shape index (κ2) is 7.25. The van der Waals surface area contributed by atoms with Crippen LogP contribution in [0.5, 0.6) is 0 Å². The summed E-state index contributed by atoms with van der Waals surface area (Å²) in [5, 5.41) is 8.87. The molecule has 2 fully saturated rings. The summed E-state index contributed by atoms with van der Waals surface area (Å²) < 4.78 is 0. The van der Waals surface area contributed by atoms with Gasteiger partial charge < -0.3 is 14.9 Å². The number of aliphatic carboxylic acids is 1. The summed E-state index contributed by atoms with van der Waals surface area (Å²) in [5.74, 6) is -0.916. The average Bonchev–Trinajstić information content (AvgIpc) is 2.97. The highest BCUT2D eigenvalue weighted by Crippen LogP contribution is 2.28. The summed E-state index contributed by atoms with van der Waals surface area (Å²) in [6.45, 7) is 3.60. The minimum atomic E-state index is -0.778. The number of anilines is 1. The molecule has 2 aliphatic heterocycles. The number of hydrogen-bond donors (Lipinski definition) is 1. The third-order valence-corrected chi connectivity index (χ3v) is 5.21. The lowest BCUT2D eigenvalue weighted by Gasteiger charge is -2.33. The van der Waals surface area contributed by atoms with Crippen LogP contribution < -0.4 is 4.90 Å². The lowest BCUT2D eigenvalue weighted by molar-refractivity contribution is -0.139. The molecule has 6 nitrogen and oxygen atoms in total. The first-order valence-corrected chi connectivity index (χ1v) is 8.81. The van der Waals surface area contributed by atoms with E-state index in [2.05, 4.69) is 0 Å². The minimum absolute atomic E-state index is 0.0111. The maximum atomic E-state index is 12.7. The van der Waals surface area contributed by atoms with E-state index in [1.807, 2.05) is 31.2 Å². The first-order chi connectivity index (χ1) is 11.9. The number of likely N-dealkylation sites (tertiary alicyclic amines) is 1. The number of hydrogen-bond acceptors (Lipinski definition) is 3. The summed E-state index contributed by atoms with van der Waals surface area (Å²) in [4.78, 5) is 39.3. The van der Waals surface area contributed by atoms with Crippen LogP contribution in [0, 0.1) is 18.8 Å². The molecule has 0 saturated carbocycles. The number of nitrogens with zero attached hydrogens (tertiary/aromatic N) is 2. The maximum Gasteiger partial charge on any atom is 0.303 e. The fourth-order valence-corrected chi connectivity index (χ4v) is 3.71. The van der Waals surface area contributed by atoms with Gasteiger partial charge in [-0.15, -0.1) is 0 Å². The Morgan fingerprint density at radius 1 is 1.16 bits per heavy atom. The van der Waals surface area contributed by atoms with Crippen LogP contribution >= 0.6 is 0 Å². The van der Waals surface area contributed by atoms with Gasteiger partial charge in [0.15, 0.2) is 0 Å². The van der Waals surface area contributed by atoms with Gasteiger partial charge in [-0.1, -0.05) is 17.7 Å². The van der Waals surface area contributed by atoms with Crippen molar-refractivity contribution in [3.8, 4) is 0 Å². The second-order valence-electron chi connectivity index (χ2n) is 7.11. The van der Waals surface area contributed by atoms with Gasteiger partial charge in [0.1, 0.15) is 0 Å². The average molecular weight is 344 g/mol. The Morgan fingerprint density at radius 3 is 2.40 bits per heavy atom. The van der Waals surface area contributed by atoms with Crippen molar-refractivity contribution in [3.63, 3.8) is 0 Å². The van der Waals surface area contributed by atoms with E-state index >= 15 is 0 Å². The number of aryl methyl sites for hydroxylation is 1. The van der Waals surface area contributed by atoms with Crippen LogP contribution in [0.1, 0.15) is 31.2 Å². The van der Waals surface area contributed by atoms with Gasteiger partial charge in [0.05, 0.1) is 5.92 Å². The fourth-order valence-electron chi connectivity index (χ4n) is 3.71. The molecule has 0 spiro atoms. The Morgan fingerprint density at radius 2 is 1.80 bits per heavy atom. The molecular formula is C19H24N2O4. The quantitative estimate of drug-likeness (QED) is 0.907. The molecule has 0 aliphatic carbocycles. The Balaban J connectivity index is 1.58. The number of carboxylic acids is 1. The Bertz CT molecular complexity index is 663. The number of carbonyl (C=O) groups excluding carboxylic acids is 2. The summed E-state index contributed by atoms with van der Waals surface area (Å²) in [6, 6.07) is 7.75. The van der Waals surface area contributed by atoms with Gasteiger partial charge in [-0.05, 0) is 37.8 Å². The lowest BCUT2D eigenvalue weighted by atomic mass is 9.92. The number of piperidine rings is 1. The monoisotopic (exact) mass is 344 g/mol. The Kier molecular flexibility index (Phi) is 5.06. The van der Waals surface area contributed by atoms with Crippen LogP contribution in [0.3, 0.4) is 0 Å². The van der Waals surface area contributed by atoms with Crippen molar-refractivity contribution < 1.29 is 19.5 Å². The molecule has 1 unspecified atom stereocenters. The molecule has 0 radical (unpaired) electrons. The maximum absolute atomic E-state index is 12.7. The first kappa shape index (κ1) is 17.5. The van der Waals surface area contributed by atoms with Crippen molar-refractivity contribution in [1.29, 1.82) is 0 Å². The molecule has 3 rings (SSSR count). The van der Waals surface area contributed by atoms with Crippen LogP contribution in [0.4, 0.5) is 5.69 Å². The summed E-state index contributed by atoms with van der Waals surface area (Å²) in [6.07, 6.45) is 1.87. The van der Waals surface area contributed by atoms with E-state index in [9.17, 15) is 14.4 Å². The molecular weight excluding hydrogens is 320 g/mol. The van der Waals surface area contributed by atoms with E-state index in [1.165, 1.54) is 0 Å². The van der Waals surface area contributed by atoms with Crippen molar-refractivity contribution in [1.82, 2.24) is 4.90 Å². The Hall–Kier alpha value is -2.37. The van der Waals surface area contributed by atoms with Crippen molar-refractivity contribution in [2.75, 3.05) is 24.5 Å². The van der Waals surface area contributed by atoms with Gasteiger partial charge in [-0.3, -0.25) is 14.4 Å². The van der Waals surface area contributed by atoms with Crippen LogP contribution in [-0.2, 0) is 14.4 Å². The lowest BCUT2D eigenvalue weighted by Crippen LogP contribution is -2.42. The first-order valence-electron chi connectivity index (χ1n) is 8.81. The number of rotatable bonds is 4. The highest BCUT2D eigenvalue weighted by molar-refractivity contribution is 6.00. The zero-order valence-electron chi connectivity index (χ0n) is 14.5. The van der Waals surface area contributed by atoms with Gasteiger partial charge in [0.25, 0.3) is 0 Å². The normalized spacial score (nSPS) is 21.6. The molecule has 1 N–H and O–H groups in total. The number of carboxylic acid groups (broad SMARTS) is 1. The van der Waals surface area contributed by atoms with Crippen molar-refractivity contribution in [2.24, 2.45) is 11.8 Å². The molecule has 1 atom stereocenters. The third kappa shape index (κ3) is 4.00. The summed E-state index contributed by atoms with van der Waals surface area (Å²) >= 11 is 0. The predicted molar refractivity (Wildman–Crippen MR) is 93.2 cm³/mol. The van der Waals surface area contributed by atoms with Crippen LogP contribution in [-0.4, -0.2) is 47.4 Å². The number of amides is 2. The summed E-state index contributed by atoms with van der Waals surface area (Å²) in [5.41, 5.74) is 1.97. The molecule has 2 amide bonds. The van der Waals surface area contributed by atoms with E-state index in [0.717, 1.165) is 24.1 Å². The molecule has 0 bridgehead atoms. The summed E-state index contributed by atoms with van der Waals surface area (Å²) in [7, 11) is 0. The van der Waals surface area contributed by atoms with E-state index in [-0.39, 0.29) is 36.5 Å². The number of benzene rings is 1. The van der Waals surface area contributed by atoms with Crippen LogP contribution in [0.25, 0.3) is 0 Å². The van der Waals surface area contributed by atoms with Crippen molar-refractivity contribution in [2.45, 2.75) is 32.6 Å². The second-order valence-corrected chi connectivity index (χ2v) is 7.11. The van der Waals surface area contributed by atoms with Crippen LogP contribution in [0.2, 0.25) is 0 Å². The van der Waals surface area contributed by atoms with E-state index < -0.39 is 5.97 Å². The van der Waals surface area contributed by atoms with Crippen LogP contribution in [0.15, 0.2) is 24.3 Å². The zero-order chi connectivity index (χ0) is 18.0. The molecule has 1 aromatic carbocycles. The van der Waals surface area contributed by atoms with Crippen molar-refractivity contribution >= 4 is 23.5 Å². The highest BCUT2D eigenvalue weighted by Gasteiger charge is 2.38. The smallest absolute Gasteiger partial charge is 0.303 e. The SMILES string of the molecule is Cc1ccc(N2CC(C(=O)N3CCC(CC(=O)O)CC3)CC2=O)cc1. The van der Waals surface area contributed by atoms with E-state index in [0.29, 0.717) is 19.6 Å². The largest absolute Gasteiger partial charge is 0.481 e. The molecule has 2 saturated heterocycles.